The molecule has 0 atom stereocenters. The molecule has 2 nitrogen and oxygen atoms in total. The van der Waals surface area contributed by atoms with Gasteiger partial charge in [0.05, 0.1) is 16.4 Å². The fraction of sp³-hybridized carbons (Fsp3) is 0.500. The van der Waals surface area contributed by atoms with Crippen molar-refractivity contribution in [3.05, 3.63) is 23.2 Å². The van der Waals surface area contributed by atoms with Crippen molar-refractivity contribution in [1.29, 1.82) is 0 Å². The van der Waals surface area contributed by atoms with Crippen LogP contribution < -0.4 is 10.6 Å². The fourth-order valence-electron chi connectivity index (χ4n) is 1.66. The first-order valence-corrected chi connectivity index (χ1v) is 5.44. The second-order valence-corrected chi connectivity index (χ2v) is 5.50. The van der Waals surface area contributed by atoms with Crippen LogP contribution in [0.1, 0.15) is 20.8 Å². The van der Waals surface area contributed by atoms with Crippen molar-refractivity contribution in [3.8, 4) is 0 Å². The molecular formula is C12H19ClN2. The van der Waals surface area contributed by atoms with Gasteiger partial charge in [-0.3, -0.25) is 0 Å². The zero-order valence-electron chi connectivity index (χ0n) is 9.84. The lowest BCUT2D eigenvalue weighted by Crippen LogP contribution is -2.29. The summed E-state index contributed by atoms with van der Waals surface area (Å²) in [4.78, 5) is 2.14. The van der Waals surface area contributed by atoms with Crippen LogP contribution in [0.15, 0.2) is 18.2 Å². The van der Waals surface area contributed by atoms with Crippen LogP contribution in [0.2, 0.25) is 5.02 Å². The lowest BCUT2D eigenvalue weighted by atomic mass is 9.96. The summed E-state index contributed by atoms with van der Waals surface area (Å²) in [5.74, 6) is 0. The van der Waals surface area contributed by atoms with Gasteiger partial charge in [-0.15, -0.1) is 0 Å². The number of benzene rings is 1. The Labute approximate surface area is 97.0 Å². The number of nitrogens with zero attached hydrogens (tertiary/aromatic N) is 1. The summed E-state index contributed by atoms with van der Waals surface area (Å²) < 4.78 is 0. The molecule has 1 rings (SSSR count). The van der Waals surface area contributed by atoms with Crippen LogP contribution in [0.5, 0.6) is 0 Å². The average Bonchev–Trinajstić information content (AvgIpc) is 2.06. The molecule has 0 heterocycles. The Morgan fingerprint density at radius 2 is 1.93 bits per heavy atom. The maximum Gasteiger partial charge on any atom is 0.0741 e. The van der Waals surface area contributed by atoms with Gasteiger partial charge in [-0.25, -0.2) is 0 Å². The van der Waals surface area contributed by atoms with Crippen LogP contribution in [-0.4, -0.2) is 13.6 Å². The molecule has 0 fully saturated rings. The molecule has 15 heavy (non-hydrogen) atoms. The maximum absolute atomic E-state index is 5.98. The molecule has 1 aromatic rings. The summed E-state index contributed by atoms with van der Waals surface area (Å²) in [7, 11) is 2.03. The van der Waals surface area contributed by atoms with Gasteiger partial charge in [-0.05, 0) is 17.5 Å². The zero-order chi connectivity index (χ0) is 11.6. The van der Waals surface area contributed by atoms with E-state index in [9.17, 15) is 0 Å². The molecule has 1 aromatic carbocycles. The zero-order valence-corrected chi connectivity index (χ0v) is 10.6. The second kappa shape index (κ2) is 4.31. The Kier molecular flexibility index (Phi) is 3.50. The molecular weight excluding hydrogens is 208 g/mol. The van der Waals surface area contributed by atoms with Crippen LogP contribution in [0.4, 0.5) is 11.4 Å². The lowest BCUT2D eigenvalue weighted by Gasteiger charge is -2.29. The number of para-hydroxylation sites is 1. The minimum Gasteiger partial charge on any atom is -0.396 e. The highest BCUT2D eigenvalue weighted by molar-refractivity contribution is 6.33. The first-order valence-electron chi connectivity index (χ1n) is 5.06. The Hall–Kier alpha value is -0.890. The monoisotopic (exact) mass is 226 g/mol. The van der Waals surface area contributed by atoms with Crippen molar-refractivity contribution in [1.82, 2.24) is 0 Å². The number of hydrogen-bond acceptors (Lipinski definition) is 2. The molecule has 0 spiro atoms. The second-order valence-electron chi connectivity index (χ2n) is 5.09. The van der Waals surface area contributed by atoms with E-state index in [2.05, 4.69) is 25.7 Å². The van der Waals surface area contributed by atoms with Crippen molar-refractivity contribution >= 4 is 23.0 Å². The summed E-state index contributed by atoms with van der Waals surface area (Å²) in [6.45, 7) is 7.54. The van der Waals surface area contributed by atoms with Crippen LogP contribution in [0.3, 0.4) is 0 Å². The number of hydrogen-bond donors (Lipinski definition) is 1. The summed E-state index contributed by atoms with van der Waals surface area (Å²) in [6.07, 6.45) is 0. The molecule has 0 saturated heterocycles. The summed E-state index contributed by atoms with van der Waals surface area (Å²) in [5.41, 5.74) is 7.82. The molecule has 0 saturated carbocycles. The predicted octanol–water partition coefficient (Wildman–Crippen LogP) is 3.40. The van der Waals surface area contributed by atoms with Gasteiger partial charge in [0.2, 0.25) is 0 Å². The third-order valence-electron chi connectivity index (χ3n) is 2.15. The van der Waals surface area contributed by atoms with Gasteiger partial charge in [-0.2, -0.15) is 0 Å². The molecule has 0 aromatic heterocycles. The molecule has 3 heteroatoms. The molecule has 2 N–H and O–H groups in total. The SMILES string of the molecule is CN(CC(C)(C)C)c1cccc(Cl)c1N. The molecule has 0 aliphatic rings. The Morgan fingerprint density at radius 1 is 1.33 bits per heavy atom. The van der Waals surface area contributed by atoms with Crippen molar-refractivity contribution < 1.29 is 0 Å². The Balaban J connectivity index is 2.92. The minimum atomic E-state index is 0.240. The van der Waals surface area contributed by atoms with Crippen LogP contribution in [0.25, 0.3) is 0 Å². The van der Waals surface area contributed by atoms with Crippen molar-refractivity contribution in [2.45, 2.75) is 20.8 Å². The van der Waals surface area contributed by atoms with E-state index in [0.29, 0.717) is 10.7 Å². The summed E-state index contributed by atoms with van der Waals surface area (Å²) in [5, 5.41) is 0.619. The highest BCUT2D eigenvalue weighted by atomic mass is 35.5. The van der Waals surface area contributed by atoms with Gasteiger partial charge >= 0.3 is 0 Å². The number of nitrogens with two attached hydrogens (primary N) is 1. The molecule has 84 valence electrons. The standard InChI is InChI=1S/C12H19ClN2/c1-12(2,3)8-15(4)10-7-5-6-9(13)11(10)14/h5-7H,8,14H2,1-4H3. The predicted molar refractivity (Wildman–Crippen MR) is 68.6 cm³/mol. The van der Waals surface area contributed by atoms with E-state index < -0.39 is 0 Å². The van der Waals surface area contributed by atoms with E-state index in [-0.39, 0.29) is 5.41 Å². The third kappa shape index (κ3) is 3.31. The van der Waals surface area contributed by atoms with Crippen molar-refractivity contribution in [2.75, 3.05) is 24.2 Å². The van der Waals surface area contributed by atoms with E-state index in [0.717, 1.165) is 12.2 Å². The average molecular weight is 227 g/mol. The minimum absolute atomic E-state index is 0.240. The van der Waals surface area contributed by atoms with Gasteiger partial charge in [0, 0.05) is 13.6 Å². The molecule has 0 aliphatic carbocycles. The Morgan fingerprint density at radius 3 is 2.47 bits per heavy atom. The molecule has 0 amide bonds. The van der Waals surface area contributed by atoms with Crippen LogP contribution >= 0.6 is 11.6 Å². The van der Waals surface area contributed by atoms with Crippen molar-refractivity contribution in [3.63, 3.8) is 0 Å². The van der Waals surface area contributed by atoms with E-state index in [1.807, 2.05) is 25.2 Å². The van der Waals surface area contributed by atoms with Crippen LogP contribution in [0, 0.1) is 5.41 Å². The molecule has 0 radical (unpaired) electrons. The van der Waals surface area contributed by atoms with Crippen molar-refractivity contribution in [2.24, 2.45) is 5.41 Å². The highest BCUT2D eigenvalue weighted by Crippen LogP contribution is 2.30. The van der Waals surface area contributed by atoms with E-state index in [4.69, 9.17) is 17.3 Å². The van der Waals surface area contributed by atoms with Crippen LogP contribution in [-0.2, 0) is 0 Å². The maximum atomic E-state index is 5.98. The highest BCUT2D eigenvalue weighted by Gasteiger charge is 2.15. The van der Waals surface area contributed by atoms with Gasteiger partial charge in [0.15, 0.2) is 0 Å². The topological polar surface area (TPSA) is 29.3 Å². The quantitative estimate of drug-likeness (QED) is 0.784. The molecule has 0 aliphatic heterocycles. The summed E-state index contributed by atoms with van der Waals surface area (Å²) >= 11 is 5.98. The summed E-state index contributed by atoms with van der Waals surface area (Å²) in [6, 6.07) is 5.73. The van der Waals surface area contributed by atoms with E-state index in [1.165, 1.54) is 0 Å². The van der Waals surface area contributed by atoms with E-state index >= 15 is 0 Å². The third-order valence-corrected chi connectivity index (χ3v) is 2.48. The van der Waals surface area contributed by atoms with Gasteiger partial charge in [0.25, 0.3) is 0 Å². The Bertz CT molecular complexity index is 342. The fourth-order valence-corrected chi connectivity index (χ4v) is 1.82. The number of nitrogen functional groups attached to an aromatic ring is 1. The van der Waals surface area contributed by atoms with E-state index in [1.54, 1.807) is 0 Å². The molecule has 0 bridgehead atoms. The number of rotatable bonds is 2. The van der Waals surface area contributed by atoms with Gasteiger partial charge in [-0.1, -0.05) is 38.4 Å². The number of halogens is 1. The lowest BCUT2D eigenvalue weighted by molar-refractivity contribution is 0.419. The normalized spacial score (nSPS) is 11.5. The first kappa shape index (κ1) is 12.2. The van der Waals surface area contributed by atoms with Gasteiger partial charge in [0.1, 0.15) is 0 Å². The molecule has 0 unspecified atom stereocenters. The first-order chi connectivity index (χ1) is 6.81. The largest absolute Gasteiger partial charge is 0.396 e. The number of anilines is 2. The van der Waals surface area contributed by atoms with Gasteiger partial charge < -0.3 is 10.6 Å². The smallest absolute Gasteiger partial charge is 0.0741 e.